The fourth-order valence-electron chi connectivity index (χ4n) is 4.59. The molecule has 0 aromatic heterocycles. The summed E-state index contributed by atoms with van der Waals surface area (Å²) in [5, 5.41) is 31.3. The number of hydrogen-bond acceptors (Lipinski definition) is 6. The Labute approximate surface area is 136 Å². The molecule has 2 aliphatic rings. The summed E-state index contributed by atoms with van der Waals surface area (Å²) in [6, 6.07) is 5.19. The molecule has 1 heterocycles. The first-order chi connectivity index (χ1) is 10.8. The highest BCUT2D eigenvalue weighted by Crippen LogP contribution is 2.52. The highest BCUT2D eigenvalue weighted by molar-refractivity contribution is 5.47. The van der Waals surface area contributed by atoms with Gasteiger partial charge < -0.3 is 24.8 Å². The van der Waals surface area contributed by atoms with E-state index in [1.54, 1.807) is 14.2 Å². The van der Waals surface area contributed by atoms with Crippen LogP contribution in [0.4, 0.5) is 0 Å². The molecule has 6 heteroatoms. The van der Waals surface area contributed by atoms with Crippen LogP contribution in [-0.4, -0.2) is 66.0 Å². The number of benzene rings is 1. The standard InChI is InChI=1S/C17H25NO5/c1-18-7-6-16(9-12(19)10-17(20,21)15(16)18)11-4-5-13(22-2)14(8-11)23-3/h4-5,8,12,15,19-21H,6-7,9-10H2,1-3H3/t12?,15?,16-/m1/s1. The zero-order chi connectivity index (χ0) is 16.8. The summed E-state index contributed by atoms with van der Waals surface area (Å²) in [5.41, 5.74) is 0.422. The zero-order valence-electron chi connectivity index (χ0n) is 13.8. The van der Waals surface area contributed by atoms with E-state index in [0.717, 1.165) is 18.5 Å². The normalized spacial score (nSPS) is 33.3. The van der Waals surface area contributed by atoms with E-state index in [9.17, 15) is 15.3 Å². The number of ether oxygens (including phenoxy) is 2. The molecule has 0 radical (unpaired) electrons. The Balaban J connectivity index is 2.11. The Hall–Kier alpha value is -1.34. The SMILES string of the molecule is COc1ccc([C@]23CCN(C)C2C(O)(O)CC(O)C3)cc1OC. The predicted octanol–water partition coefficient (Wildman–Crippen LogP) is 0.481. The average Bonchev–Trinajstić information content (AvgIpc) is 2.84. The van der Waals surface area contributed by atoms with E-state index < -0.39 is 23.3 Å². The third kappa shape index (κ3) is 2.50. The Morgan fingerprint density at radius 1 is 1.13 bits per heavy atom. The van der Waals surface area contributed by atoms with E-state index in [1.807, 2.05) is 30.1 Å². The van der Waals surface area contributed by atoms with Crippen molar-refractivity contribution in [1.29, 1.82) is 0 Å². The molecule has 1 aliphatic carbocycles. The molecule has 1 aromatic rings. The number of fused-ring (bicyclic) bond motifs is 1. The lowest BCUT2D eigenvalue weighted by Gasteiger charge is -2.50. The molecular weight excluding hydrogens is 298 g/mol. The van der Waals surface area contributed by atoms with E-state index >= 15 is 0 Å². The monoisotopic (exact) mass is 323 g/mol. The van der Waals surface area contributed by atoms with Gasteiger partial charge in [-0.25, -0.2) is 0 Å². The molecular formula is C17H25NO5. The topological polar surface area (TPSA) is 82.4 Å². The number of aliphatic hydroxyl groups is 3. The molecule has 0 spiro atoms. The van der Waals surface area contributed by atoms with Gasteiger partial charge in [0.05, 0.1) is 26.4 Å². The molecule has 1 aromatic carbocycles. The van der Waals surface area contributed by atoms with Crippen LogP contribution >= 0.6 is 0 Å². The van der Waals surface area contributed by atoms with Gasteiger partial charge in [0.25, 0.3) is 0 Å². The zero-order valence-corrected chi connectivity index (χ0v) is 13.8. The highest BCUT2D eigenvalue weighted by Gasteiger charge is 2.60. The molecule has 3 rings (SSSR count). The summed E-state index contributed by atoms with van der Waals surface area (Å²) in [5.74, 6) is -0.684. The van der Waals surface area contributed by atoms with Gasteiger partial charge in [-0.3, -0.25) is 4.90 Å². The molecule has 1 aliphatic heterocycles. The molecule has 1 saturated carbocycles. The molecule has 0 bridgehead atoms. The molecule has 0 amide bonds. The first kappa shape index (κ1) is 16.5. The second-order valence-corrected chi connectivity index (χ2v) is 6.80. The summed E-state index contributed by atoms with van der Waals surface area (Å²) in [6.07, 6.45) is 0.474. The molecule has 128 valence electrons. The van der Waals surface area contributed by atoms with E-state index in [0.29, 0.717) is 17.9 Å². The van der Waals surface area contributed by atoms with Gasteiger partial charge in [-0.2, -0.15) is 0 Å². The van der Waals surface area contributed by atoms with Gasteiger partial charge in [-0.1, -0.05) is 6.07 Å². The van der Waals surface area contributed by atoms with Crippen LogP contribution in [-0.2, 0) is 5.41 Å². The van der Waals surface area contributed by atoms with Crippen LogP contribution < -0.4 is 9.47 Å². The van der Waals surface area contributed by atoms with E-state index in [-0.39, 0.29) is 6.42 Å². The fourth-order valence-corrected chi connectivity index (χ4v) is 4.59. The van der Waals surface area contributed by atoms with Crippen molar-refractivity contribution in [2.24, 2.45) is 0 Å². The van der Waals surface area contributed by atoms with Crippen LogP contribution in [0.1, 0.15) is 24.8 Å². The first-order valence-electron chi connectivity index (χ1n) is 7.89. The van der Waals surface area contributed by atoms with Crippen molar-refractivity contribution >= 4 is 0 Å². The summed E-state index contributed by atoms with van der Waals surface area (Å²) < 4.78 is 10.7. The second-order valence-electron chi connectivity index (χ2n) is 6.80. The number of likely N-dealkylation sites (tertiary alicyclic amines) is 1. The van der Waals surface area contributed by atoms with Crippen molar-refractivity contribution < 1.29 is 24.8 Å². The van der Waals surface area contributed by atoms with Crippen LogP contribution in [0, 0.1) is 0 Å². The van der Waals surface area contributed by atoms with Gasteiger partial charge in [-0.15, -0.1) is 0 Å². The maximum Gasteiger partial charge on any atom is 0.181 e. The lowest BCUT2D eigenvalue weighted by Crippen LogP contribution is -2.63. The van der Waals surface area contributed by atoms with Crippen molar-refractivity contribution in [3.8, 4) is 11.5 Å². The minimum atomic E-state index is -1.92. The second kappa shape index (κ2) is 5.63. The molecule has 3 atom stereocenters. The third-order valence-electron chi connectivity index (χ3n) is 5.41. The maximum atomic E-state index is 10.5. The molecule has 2 fully saturated rings. The van der Waals surface area contributed by atoms with Crippen LogP contribution in [0.25, 0.3) is 0 Å². The summed E-state index contributed by atoms with van der Waals surface area (Å²) >= 11 is 0. The molecule has 2 unspecified atom stereocenters. The highest BCUT2D eigenvalue weighted by atomic mass is 16.5. The Kier molecular flexibility index (Phi) is 4.04. The van der Waals surface area contributed by atoms with Gasteiger partial charge in [0.2, 0.25) is 0 Å². The van der Waals surface area contributed by atoms with Gasteiger partial charge >= 0.3 is 0 Å². The minimum absolute atomic E-state index is 0.0307. The van der Waals surface area contributed by atoms with Crippen molar-refractivity contribution in [2.75, 3.05) is 27.8 Å². The number of nitrogens with zero attached hydrogens (tertiary/aromatic N) is 1. The molecule has 6 nitrogen and oxygen atoms in total. The van der Waals surface area contributed by atoms with Gasteiger partial charge in [0.15, 0.2) is 17.3 Å². The lowest BCUT2D eigenvalue weighted by atomic mass is 9.63. The molecule has 23 heavy (non-hydrogen) atoms. The van der Waals surface area contributed by atoms with Gasteiger partial charge in [0, 0.05) is 11.8 Å². The first-order valence-corrected chi connectivity index (χ1v) is 7.89. The fraction of sp³-hybridized carbons (Fsp3) is 0.647. The number of hydrogen-bond donors (Lipinski definition) is 3. The van der Waals surface area contributed by atoms with Crippen molar-refractivity contribution in [1.82, 2.24) is 4.90 Å². The third-order valence-corrected chi connectivity index (χ3v) is 5.41. The maximum absolute atomic E-state index is 10.5. The number of aliphatic hydroxyl groups excluding tert-OH is 1. The average molecular weight is 323 g/mol. The van der Waals surface area contributed by atoms with Crippen molar-refractivity contribution in [3.63, 3.8) is 0 Å². The van der Waals surface area contributed by atoms with Crippen molar-refractivity contribution in [2.45, 2.75) is 42.6 Å². The van der Waals surface area contributed by atoms with E-state index in [2.05, 4.69) is 0 Å². The molecule has 3 N–H and O–H groups in total. The van der Waals surface area contributed by atoms with Crippen LogP contribution in [0.5, 0.6) is 11.5 Å². The van der Waals surface area contributed by atoms with E-state index in [4.69, 9.17) is 9.47 Å². The lowest BCUT2D eigenvalue weighted by molar-refractivity contribution is -0.244. The van der Waals surface area contributed by atoms with Crippen molar-refractivity contribution in [3.05, 3.63) is 23.8 Å². The predicted molar refractivity (Wildman–Crippen MR) is 84.7 cm³/mol. The Morgan fingerprint density at radius 3 is 2.48 bits per heavy atom. The molecule has 1 saturated heterocycles. The Morgan fingerprint density at radius 2 is 1.83 bits per heavy atom. The summed E-state index contributed by atoms with van der Waals surface area (Å²) in [4.78, 5) is 1.97. The number of methoxy groups -OCH3 is 2. The minimum Gasteiger partial charge on any atom is -0.493 e. The van der Waals surface area contributed by atoms with Crippen LogP contribution in [0.2, 0.25) is 0 Å². The number of rotatable bonds is 3. The van der Waals surface area contributed by atoms with Gasteiger partial charge in [-0.05, 0) is 44.1 Å². The summed E-state index contributed by atoms with van der Waals surface area (Å²) in [6.45, 7) is 0.745. The van der Waals surface area contributed by atoms with E-state index in [1.165, 1.54) is 0 Å². The van der Waals surface area contributed by atoms with Gasteiger partial charge in [0.1, 0.15) is 0 Å². The summed E-state index contributed by atoms with van der Waals surface area (Å²) in [7, 11) is 5.06. The smallest absolute Gasteiger partial charge is 0.181 e. The van der Waals surface area contributed by atoms with Crippen LogP contribution in [0.3, 0.4) is 0 Å². The Bertz CT molecular complexity index is 590. The quantitative estimate of drug-likeness (QED) is 0.702. The van der Waals surface area contributed by atoms with Crippen LogP contribution in [0.15, 0.2) is 18.2 Å². The number of likely N-dealkylation sites (N-methyl/N-ethyl adjacent to an activating group) is 1. The largest absolute Gasteiger partial charge is 0.493 e.